The Labute approximate surface area is 130 Å². The summed E-state index contributed by atoms with van der Waals surface area (Å²) in [5.41, 5.74) is 4.20. The molecule has 0 spiro atoms. The number of aromatic nitrogens is 2. The van der Waals surface area contributed by atoms with Crippen LogP contribution in [0.15, 0.2) is 30.5 Å². The van der Waals surface area contributed by atoms with E-state index in [0.29, 0.717) is 12.2 Å². The summed E-state index contributed by atoms with van der Waals surface area (Å²) >= 11 is 0. The Kier molecular flexibility index (Phi) is 5.22. The smallest absolute Gasteiger partial charge is 0.251 e. The fourth-order valence-corrected chi connectivity index (χ4v) is 2.07. The van der Waals surface area contributed by atoms with Gasteiger partial charge >= 0.3 is 0 Å². The lowest BCUT2D eigenvalue weighted by Crippen LogP contribution is -2.35. The maximum atomic E-state index is 12.1. The summed E-state index contributed by atoms with van der Waals surface area (Å²) in [6.45, 7) is 6.26. The van der Waals surface area contributed by atoms with E-state index in [1.165, 1.54) is 0 Å². The number of aryl methyl sites for hydroxylation is 2. The SMILES string of the molecule is COC[C@H](C)NC(=O)c1ccc(-c2cnc(C)c(C)n2)cc1. The number of nitrogens with zero attached hydrogens (tertiary/aromatic N) is 2. The van der Waals surface area contributed by atoms with E-state index in [0.717, 1.165) is 22.6 Å². The number of rotatable bonds is 5. The molecule has 1 aromatic carbocycles. The van der Waals surface area contributed by atoms with Crippen molar-refractivity contribution in [3.63, 3.8) is 0 Å². The van der Waals surface area contributed by atoms with Crippen LogP contribution in [0.1, 0.15) is 28.7 Å². The van der Waals surface area contributed by atoms with E-state index in [1.807, 2.05) is 32.9 Å². The molecule has 22 heavy (non-hydrogen) atoms. The first-order chi connectivity index (χ1) is 10.5. The molecule has 2 rings (SSSR count). The largest absolute Gasteiger partial charge is 0.383 e. The number of carbonyl (C=O) groups excluding carboxylic acids is 1. The van der Waals surface area contributed by atoms with E-state index in [-0.39, 0.29) is 11.9 Å². The van der Waals surface area contributed by atoms with Crippen molar-refractivity contribution in [1.82, 2.24) is 15.3 Å². The summed E-state index contributed by atoms with van der Waals surface area (Å²) < 4.78 is 5.01. The minimum atomic E-state index is -0.109. The number of amides is 1. The maximum Gasteiger partial charge on any atom is 0.251 e. The number of methoxy groups -OCH3 is 1. The standard InChI is InChI=1S/C17H21N3O2/c1-11(10-22-4)19-17(21)15-7-5-14(6-8-15)16-9-18-12(2)13(3)20-16/h5-9,11H,10H2,1-4H3,(H,19,21)/t11-/m0/s1. The molecule has 5 nitrogen and oxygen atoms in total. The third-order valence-corrected chi connectivity index (χ3v) is 3.43. The van der Waals surface area contributed by atoms with Crippen molar-refractivity contribution in [2.45, 2.75) is 26.8 Å². The van der Waals surface area contributed by atoms with Gasteiger partial charge in [-0.3, -0.25) is 9.78 Å². The molecule has 5 heteroatoms. The first kappa shape index (κ1) is 16.1. The van der Waals surface area contributed by atoms with Crippen molar-refractivity contribution in [2.24, 2.45) is 0 Å². The summed E-state index contributed by atoms with van der Waals surface area (Å²) in [5.74, 6) is -0.109. The van der Waals surface area contributed by atoms with E-state index < -0.39 is 0 Å². The Hall–Kier alpha value is -2.27. The van der Waals surface area contributed by atoms with Gasteiger partial charge in [0.2, 0.25) is 0 Å². The fraction of sp³-hybridized carbons (Fsp3) is 0.353. The predicted octanol–water partition coefficient (Wildman–Crippen LogP) is 2.53. The molecule has 0 radical (unpaired) electrons. The van der Waals surface area contributed by atoms with Crippen LogP contribution in [0.25, 0.3) is 11.3 Å². The van der Waals surface area contributed by atoms with Gasteiger partial charge in [-0.1, -0.05) is 12.1 Å². The molecule has 0 aliphatic heterocycles. The Balaban J connectivity index is 2.12. The molecule has 0 aliphatic rings. The Morgan fingerprint density at radius 3 is 2.50 bits per heavy atom. The molecule has 0 bridgehead atoms. The zero-order valence-corrected chi connectivity index (χ0v) is 13.4. The molecule has 1 heterocycles. The second-order valence-electron chi connectivity index (χ2n) is 5.33. The normalized spacial score (nSPS) is 12.0. The molecule has 1 amide bonds. The topological polar surface area (TPSA) is 64.1 Å². The fourth-order valence-electron chi connectivity index (χ4n) is 2.07. The maximum absolute atomic E-state index is 12.1. The van der Waals surface area contributed by atoms with Gasteiger partial charge < -0.3 is 10.1 Å². The third kappa shape index (κ3) is 3.89. The molecule has 1 atom stereocenters. The molecule has 0 saturated carbocycles. The van der Waals surface area contributed by atoms with Gasteiger partial charge in [-0.15, -0.1) is 0 Å². The van der Waals surface area contributed by atoms with Crippen LogP contribution in [0.5, 0.6) is 0 Å². The van der Waals surface area contributed by atoms with Crippen molar-refractivity contribution >= 4 is 5.91 Å². The van der Waals surface area contributed by atoms with Crippen LogP contribution in [-0.4, -0.2) is 35.6 Å². The minimum Gasteiger partial charge on any atom is -0.383 e. The van der Waals surface area contributed by atoms with Crippen molar-refractivity contribution in [2.75, 3.05) is 13.7 Å². The van der Waals surface area contributed by atoms with E-state index in [9.17, 15) is 4.79 Å². The van der Waals surface area contributed by atoms with Crippen LogP contribution in [-0.2, 0) is 4.74 Å². The summed E-state index contributed by atoms with van der Waals surface area (Å²) in [7, 11) is 1.61. The lowest BCUT2D eigenvalue weighted by Gasteiger charge is -2.13. The zero-order chi connectivity index (χ0) is 16.1. The highest BCUT2D eigenvalue weighted by Crippen LogP contribution is 2.18. The molecule has 2 aromatic rings. The van der Waals surface area contributed by atoms with Crippen LogP contribution in [0, 0.1) is 13.8 Å². The highest BCUT2D eigenvalue weighted by molar-refractivity contribution is 5.94. The van der Waals surface area contributed by atoms with Gasteiger partial charge in [-0.05, 0) is 32.9 Å². The molecule has 1 N–H and O–H groups in total. The lowest BCUT2D eigenvalue weighted by atomic mass is 10.1. The first-order valence-electron chi connectivity index (χ1n) is 7.21. The molecular weight excluding hydrogens is 278 g/mol. The third-order valence-electron chi connectivity index (χ3n) is 3.43. The van der Waals surface area contributed by atoms with Gasteiger partial charge in [0, 0.05) is 24.3 Å². The van der Waals surface area contributed by atoms with E-state index in [4.69, 9.17) is 4.74 Å². The van der Waals surface area contributed by atoms with Crippen LogP contribution in [0.4, 0.5) is 0 Å². The van der Waals surface area contributed by atoms with E-state index in [2.05, 4.69) is 15.3 Å². The number of ether oxygens (including phenoxy) is 1. The Morgan fingerprint density at radius 1 is 1.23 bits per heavy atom. The van der Waals surface area contributed by atoms with Gasteiger partial charge in [0.15, 0.2) is 0 Å². The first-order valence-corrected chi connectivity index (χ1v) is 7.21. The average Bonchev–Trinajstić information content (AvgIpc) is 2.50. The molecule has 0 saturated heterocycles. The quantitative estimate of drug-likeness (QED) is 0.921. The van der Waals surface area contributed by atoms with Crippen LogP contribution < -0.4 is 5.32 Å². The minimum absolute atomic E-state index is 0.0252. The zero-order valence-electron chi connectivity index (χ0n) is 13.4. The highest BCUT2D eigenvalue weighted by Gasteiger charge is 2.10. The second kappa shape index (κ2) is 7.13. The molecule has 0 unspecified atom stereocenters. The van der Waals surface area contributed by atoms with Gasteiger partial charge in [0.25, 0.3) is 5.91 Å². The second-order valence-corrected chi connectivity index (χ2v) is 5.33. The van der Waals surface area contributed by atoms with Crippen molar-refractivity contribution < 1.29 is 9.53 Å². The van der Waals surface area contributed by atoms with E-state index in [1.54, 1.807) is 25.4 Å². The number of benzene rings is 1. The molecule has 1 aromatic heterocycles. The monoisotopic (exact) mass is 299 g/mol. The summed E-state index contributed by atoms with van der Waals surface area (Å²) in [4.78, 5) is 20.9. The number of nitrogens with one attached hydrogen (secondary N) is 1. The molecular formula is C17H21N3O2. The number of hydrogen-bond acceptors (Lipinski definition) is 4. The highest BCUT2D eigenvalue weighted by atomic mass is 16.5. The number of carbonyl (C=O) groups is 1. The molecule has 0 fully saturated rings. The summed E-state index contributed by atoms with van der Waals surface area (Å²) in [6.07, 6.45) is 1.75. The van der Waals surface area contributed by atoms with Crippen molar-refractivity contribution in [3.05, 3.63) is 47.4 Å². The van der Waals surface area contributed by atoms with E-state index >= 15 is 0 Å². The Morgan fingerprint density at radius 2 is 1.91 bits per heavy atom. The van der Waals surface area contributed by atoms with Crippen molar-refractivity contribution in [1.29, 1.82) is 0 Å². The summed E-state index contributed by atoms with van der Waals surface area (Å²) in [6, 6.07) is 7.33. The molecule has 116 valence electrons. The van der Waals surface area contributed by atoms with Crippen molar-refractivity contribution in [3.8, 4) is 11.3 Å². The van der Waals surface area contributed by atoms with Gasteiger partial charge in [0.1, 0.15) is 0 Å². The van der Waals surface area contributed by atoms with Crippen LogP contribution in [0.2, 0.25) is 0 Å². The average molecular weight is 299 g/mol. The number of hydrogen-bond donors (Lipinski definition) is 1. The van der Waals surface area contributed by atoms with Crippen LogP contribution in [0.3, 0.4) is 0 Å². The lowest BCUT2D eigenvalue weighted by molar-refractivity contribution is 0.0905. The predicted molar refractivity (Wildman–Crippen MR) is 85.7 cm³/mol. The van der Waals surface area contributed by atoms with Gasteiger partial charge in [-0.2, -0.15) is 0 Å². The molecule has 0 aliphatic carbocycles. The summed E-state index contributed by atoms with van der Waals surface area (Å²) in [5, 5.41) is 2.88. The Bertz CT molecular complexity index is 653. The van der Waals surface area contributed by atoms with Gasteiger partial charge in [-0.25, -0.2) is 4.98 Å². The van der Waals surface area contributed by atoms with Gasteiger partial charge in [0.05, 0.1) is 29.9 Å². The van der Waals surface area contributed by atoms with Crippen LogP contribution >= 0.6 is 0 Å².